The first kappa shape index (κ1) is 16.5. The van der Waals surface area contributed by atoms with E-state index >= 15 is 0 Å². The second kappa shape index (κ2) is 6.07. The normalized spacial score (nSPS) is 20.9. The van der Waals surface area contributed by atoms with Crippen LogP contribution >= 0.6 is 0 Å². The van der Waals surface area contributed by atoms with Gasteiger partial charge in [-0.2, -0.15) is 4.31 Å². The zero-order valence-corrected chi connectivity index (χ0v) is 14.1. The van der Waals surface area contributed by atoms with Crippen LogP contribution in [0.25, 0.3) is 0 Å². The number of sulfonamides is 1. The molecule has 5 heteroatoms. The van der Waals surface area contributed by atoms with Crippen molar-refractivity contribution in [2.75, 3.05) is 20.3 Å². The molecule has 0 aromatic heterocycles. The van der Waals surface area contributed by atoms with Gasteiger partial charge in [-0.1, -0.05) is 32.9 Å². The summed E-state index contributed by atoms with van der Waals surface area (Å²) in [5, 5.41) is 0. The van der Waals surface area contributed by atoms with E-state index in [1.807, 2.05) is 12.1 Å². The molecule has 0 radical (unpaired) electrons. The van der Waals surface area contributed by atoms with Gasteiger partial charge in [0, 0.05) is 19.7 Å². The number of methoxy groups -OCH3 is 1. The van der Waals surface area contributed by atoms with Crippen molar-refractivity contribution in [2.24, 2.45) is 0 Å². The molecule has 2 rings (SSSR count). The minimum absolute atomic E-state index is 0.0223. The molecule has 1 aliphatic rings. The summed E-state index contributed by atoms with van der Waals surface area (Å²) < 4.78 is 32.2. The first-order valence-electron chi connectivity index (χ1n) is 7.38. The van der Waals surface area contributed by atoms with Gasteiger partial charge in [0.25, 0.3) is 0 Å². The molecule has 118 valence electrons. The molecule has 1 unspecified atom stereocenters. The highest BCUT2D eigenvalue weighted by atomic mass is 32.2. The SMILES string of the molecule is COCC1CCCN1S(=O)(=O)c1ccc(C(C)(C)C)cc1. The molecule has 0 saturated carbocycles. The Labute approximate surface area is 128 Å². The fourth-order valence-corrected chi connectivity index (χ4v) is 4.43. The Kier molecular flexibility index (Phi) is 4.76. The van der Waals surface area contributed by atoms with Crippen molar-refractivity contribution >= 4 is 10.0 Å². The van der Waals surface area contributed by atoms with Gasteiger partial charge in [0.15, 0.2) is 0 Å². The van der Waals surface area contributed by atoms with Crippen molar-refractivity contribution in [3.8, 4) is 0 Å². The molecule has 0 N–H and O–H groups in total. The lowest BCUT2D eigenvalue weighted by Crippen LogP contribution is -2.38. The molecule has 1 atom stereocenters. The molecule has 1 aliphatic heterocycles. The molecular weight excluding hydrogens is 286 g/mol. The quantitative estimate of drug-likeness (QED) is 0.859. The topological polar surface area (TPSA) is 46.6 Å². The molecule has 21 heavy (non-hydrogen) atoms. The van der Waals surface area contributed by atoms with Gasteiger partial charge in [0.1, 0.15) is 0 Å². The van der Waals surface area contributed by atoms with E-state index in [0.29, 0.717) is 18.0 Å². The van der Waals surface area contributed by atoms with Crippen LogP contribution < -0.4 is 0 Å². The summed E-state index contributed by atoms with van der Waals surface area (Å²) in [5.74, 6) is 0. The van der Waals surface area contributed by atoms with Crippen molar-refractivity contribution in [2.45, 2.75) is 50.0 Å². The maximum atomic E-state index is 12.8. The van der Waals surface area contributed by atoms with Gasteiger partial charge in [-0.05, 0) is 36.0 Å². The zero-order chi connectivity index (χ0) is 15.7. The second-order valence-electron chi connectivity index (χ2n) is 6.64. The summed E-state index contributed by atoms with van der Waals surface area (Å²) >= 11 is 0. The zero-order valence-electron chi connectivity index (χ0n) is 13.3. The molecule has 1 heterocycles. The van der Waals surface area contributed by atoms with Crippen LogP contribution in [-0.4, -0.2) is 39.0 Å². The molecular formula is C16H25NO3S. The number of ether oxygens (including phenoxy) is 1. The summed E-state index contributed by atoms with van der Waals surface area (Å²) in [6, 6.07) is 7.22. The first-order valence-corrected chi connectivity index (χ1v) is 8.82. The van der Waals surface area contributed by atoms with Crippen LogP contribution in [0.15, 0.2) is 29.2 Å². The van der Waals surface area contributed by atoms with Gasteiger partial charge in [-0.25, -0.2) is 8.42 Å². The van der Waals surface area contributed by atoms with E-state index in [-0.39, 0.29) is 11.5 Å². The number of hydrogen-bond donors (Lipinski definition) is 0. The minimum atomic E-state index is -3.42. The number of nitrogens with zero attached hydrogens (tertiary/aromatic N) is 1. The largest absolute Gasteiger partial charge is 0.383 e. The van der Waals surface area contributed by atoms with Crippen LogP contribution in [0.5, 0.6) is 0 Å². The van der Waals surface area contributed by atoms with Gasteiger partial charge < -0.3 is 4.74 Å². The Morgan fingerprint density at radius 1 is 1.24 bits per heavy atom. The molecule has 1 fully saturated rings. The Balaban J connectivity index is 2.27. The summed E-state index contributed by atoms with van der Waals surface area (Å²) in [6.07, 6.45) is 1.76. The van der Waals surface area contributed by atoms with Crippen LogP contribution in [0.4, 0.5) is 0 Å². The average Bonchev–Trinajstić information content (AvgIpc) is 2.87. The fourth-order valence-electron chi connectivity index (χ4n) is 2.75. The van der Waals surface area contributed by atoms with E-state index < -0.39 is 10.0 Å². The van der Waals surface area contributed by atoms with Crippen LogP contribution in [0.1, 0.15) is 39.2 Å². The molecule has 0 bridgehead atoms. The Hall–Kier alpha value is -0.910. The van der Waals surface area contributed by atoms with Gasteiger partial charge in [-0.15, -0.1) is 0 Å². The predicted octanol–water partition coefficient (Wildman–Crippen LogP) is 2.78. The summed E-state index contributed by atoms with van der Waals surface area (Å²) in [4.78, 5) is 0.374. The van der Waals surface area contributed by atoms with Gasteiger partial charge in [0.2, 0.25) is 10.0 Å². The fraction of sp³-hybridized carbons (Fsp3) is 0.625. The minimum Gasteiger partial charge on any atom is -0.383 e. The number of rotatable bonds is 4. The highest BCUT2D eigenvalue weighted by molar-refractivity contribution is 7.89. The lowest BCUT2D eigenvalue weighted by molar-refractivity contribution is 0.149. The second-order valence-corrected chi connectivity index (χ2v) is 8.53. The van der Waals surface area contributed by atoms with E-state index in [1.165, 1.54) is 0 Å². The molecule has 0 amide bonds. The molecule has 1 aromatic carbocycles. The highest BCUT2D eigenvalue weighted by Crippen LogP contribution is 2.28. The summed E-state index contributed by atoms with van der Waals surface area (Å²) in [7, 11) is -1.81. The lowest BCUT2D eigenvalue weighted by atomic mass is 9.87. The molecule has 1 aromatic rings. The molecule has 1 saturated heterocycles. The Morgan fingerprint density at radius 3 is 2.38 bits per heavy atom. The smallest absolute Gasteiger partial charge is 0.243 e. The third-order valence-electron chi connectivity index (χ3n) is 4.01. The standard InChI is InChI=1S/C16H25NO3S/c1-16(2,3)13-7-9-15(10-8-13)21(18,19)17-11-5-6-14(17)12-20-4/h7-10,14H,5-6,11-12H2,1-4H3. The van der Waals surface area contributed by atoms with Gasteiger partial charge in [-0.3, -0.25) is 0 Å². The third-order valence-corrected chi connectivity index (χ3v) is 5.98. The van der Waals surface area contributed by atoms with Gasteiger partial charge in [0.05, 0.1) is 11.5 Å². The van der Waals surface area contributed by atoms with Crippen molar-refractivity contribution in [1.29, 1.82) is 0 Å². The van der Waals surface area contributed by atoms with E-state index in [2.05, 4.69) is 20.8 Å². The highest BCUT2D eigenvalue weighted by Gasteiger charge is 2.35. The summed E-state index contributed by atoms with van der Waals surface area (Å²) in [5.41, 5.74) is 1.16. The van der Waals surface area contributed by atoms with E-state index in [9.17, 15) is 8.42 Å². The van der Waals surface area contributed by atoms with Crippen LogP contribution in [0.2, 0.25) is 0 Å². The predicted molar refractivity (Wildman–Crippen MR) is 83.9 cm³/mol. The lowest BCUT2D eigenvalue weighted by Gasteiger charge is -2.24. The van der Waals surface area contributed by atoms with E-state index in [1.54, 1.807) is 23.5 Å². The Morgan fingerprint density at radius 2 is 1.86 bits per heavy atom. The summed E-state index contributed by atoms with van der Waals surface area (Å²) in [6.45, 7) is 7.39. The van der Waals surface area contributed by atoms with Crippen LogP contribution in [0, 0.1) is 0 Å². The Bertz CT molecular complexity index is 573. The average molecular weight is 311 g/mol. The number of benzene rings is 1. The molecule has 0 spiro atoms. The number of hydrogen-bond acceptors (Lipinski definition) is 3. The van der Waals surface area contributed by atoms with E-state index in [0.717, 1.165) is 18.4 Å². The van der Waals surface area contributed by atoms with Crippen LogP contribution in [-0.2, 0) is 20.2 Å². The molecule has 4 nitrogen and oxygen atoms in total. The maximum absolute atomic E-state index is 12.8. The van der Waals surface area contributed by atoms with Crippen molar-refractivity contribution in [3.05, 3.63) is 29.8 Å². The monoisotopic (exact) mass is 311 g/mol. The van der Waals surface area contributed by atoms with Gasteiger partial charge >= 0.3 is 0 Å². The van der Waals surface area contributed by atoms with Crippen molar-refractivity contribution in [1.82, 2.24) is 4.31 Å². The van der Waals surface area contributed by atoms with Crippen molar-refractivity contribution in [3.63, 3.8) is 0 Å². The maximum Gasteiger partial charge on any atom is 0.243 e. The van der Waals surface area contributed by atoms with Crippen molar-refractivity contribution < 1.29 is 13.2 Å². The van der Waals surface area contributed by atoms with E-state index in [4.69, 9.17) is 4.74 Å². The van der Waals surface area contributed by atoms with Crippen LogP contribution in [0.3, 0.4) is 0 Å². The molecule has 0 aliphatic carbocycles. The third kappa shape index (κ3) is 3.47. The first-order chi connectivity index (χ1) is 9.76.